The third-order valence-electron chi connectivity index (χ3n) is 3.39. The van der Waals surface area contributed by atoms with Crippen molar-refractivity contribution in [3.8, 4) is 0 Å². The summed E-state index contributed by atoms with van der Waals surface area (Å²) in [5.74, 6) is -0.233. The second-order valence-corrected chi connectivity index (χ2v) is 6.50. The average molecular weight is 305 g/mol. The van der Waals surface area contributed by atoms with Gasteiger partial charge in [0.15, 0.2) is 0 Å². The molecule has 1 heterocycles. The summed E-state index contributed by atoms with van der Waals surface area (Å²) in [6.45, 7) is 2.19. The quantitative estimate of drug-likeness (QED) is 0.849. The van der Waals surface area contributed by atoms with Gasteiger partial charge in [0.2, 0.25) is 5.82 Å². The highest BCUT2D eigenvalue weighted by Crippen LogP contribution is 2.37. The van der Waals surface area contributed by atoms with Gasteiger partial charge in [-0.3, -0.25) is 0 Å². The minimum absolute atomic E-state index is 0.207. The first-order valence-corrected chi connectivity index (χ1v) is 7.57. The molecule has 0 bridgehead atoms. The molecule has 2 atom stereocenters. The van der Waals surface area contributed by atoms with Crippen molar-refractivity contribution < 1.29 is 13.2 Å². The van der Waals surface area contributed by atoms with Gasteiger partial charge in [-0.2, -0.15) is 13.2 Å². The Bertz CT molecular complexity index is 465. The molecule has 0 saturated heterocycles. The normalized spacial score (nSPS) is 23.6. The van der Waals surface area contributed by atoms with Gasteiger partial charge in [-0.1, -0.05) is 19.8 Å². The molecule has 0 aliphatic heterocycles. The molecule has 1 aliphatic rings. The van der Waals surface area contributed by atoms with Crippen LogP contribution in [0.1, 0.15) is 38.4 Å². The zero-order valence-corrected chi connectivity index (χ0v) is 12.3. The van der Waals surface area contributed by atoms with Crippen LogP contribution in [-0.2, 0) is 6.18 Å². The van der Waals surface area contributed by atoms with Crippen LogP contribution in [-0.4, -0.2) is 22.3 Å². The SMILES string of the molecule is CNc1cc(SC2CCCC(C)C2)nc(C(F)(F)F)n1. The van der Waals surface area contributed by atoms with E-state index in [9.17, 15) is 13.2 Å². The van der Waals surface area contributed by atoms with Crippen molar-refractivity contribution in [3.05, 3.63) is 11.9 Å². The Balaban J connectivity index is 2.18. The predicted octanol–water partition coefficient (Wildman–Crippen LogP) is 4.21. The van der Waals surface area contributed by atoms with Crippen molar-refractivity contribution in [2.75, 3.05) is 12.4 Å². The van der Waals surface area contributed by atoms with Crippen LogP contribution in [0.2, 0.25) is 0 Å². The van der Waals surface area contributed by atoms with E-state index < -0.39 is 12.0 Å². The molecule has 7 heteroatoms. The van der Waals surface area contributed by atoms with Crippen molar-refractivity contribution in [3.63, 3.8) is 0 Å². The number of nitrogens with one attached hydrogen (secondary N) is 1. The van der Waals surface area contributed by atoms with Crippen LogP contribution >= 0.6 is 11.8 Å². The fourth-order valence-electron chi connectivity index (χ4n) is 2.40. The maximum Gasteiger partial charge on any atom is 0.451 e. The van der Waals surface area contributed by atoms with E-state index in [2.05, 4.69) is 22.2 Å². The summed E-state index contributed by atoms with van der Waals surface area (Å²) in [7, 11) is 1.56. The van der Waals surface area contributed by atoms with Gasteiger partial charge in [0.05, 0.1) is 0 Å². The van der Waals surface area contributed by atoms with Gasteiger partial charge in [0.25, 0.3) is 0 Å². The van der Waals surface area contributed by atoms with E-state index in [1.54, 1.807) is 13.1 Å². The van der Waals surface area contributed by atoms with E-state index in [1.165, 1.54) is 18.2 Å². The molecule has 0 spiro atoms. The number of hydrogen-bond donors (Lipinski definition) is 1. The lowest BCUT2D eigenvalue weighted by atomic mass is 9.91. The first-order valence-electron chi connectivity index (χ1n) is 6.69. The Kier molecular flexibility index (Phi) is 4.78. The standard InChI is InChI=1S/C13H18F3N3S/c1-8-4-3-5-9(6-8)20-11-7-10(17-2)18-12(19-11)13(14,15)16/h7-9H,3-6H2,1-2H3,(H,17,18,19). The molecule has 0 aromatic carbocycles. The largest absolute Gasteiger partial charge is 0.451 e. The van der Waals surface area contributed by atoms with Crippen LogP contribution < -0.4 is 5.32 Å². The number of alkyl halides is 3. The smallest absolute Gasteiger partial charge is 0.373 e. The van der Waals surface area contributed by atoms with Crippen LogP contribution in [0.5, 0.6) is 0 Å². The number of hydrogen-bond acceptors (Lipinski definition) is 4. The predicted molar refractivity (Wildman–Crippen MR) is 73.9 cm³/mol. The number of anilines is 1. The minimum atomic E-state index is -4.51. The molecule has 20 heavy (non-hydrogen) atoms. The van der Waals surface area contributed by atoms with E-state index >= 15 is 0 Å². The van der Waals surface area contributed by atoms with Gasteiger partial charge in [-0.15, -0.1) is 11.8 Å². The molecule has 1 aromatic heterocycles. The van der Waals surface area contributed by atoms with Gasteiger partial charge in [-0.05, 0) is 18.8 Å². The number of aromatic nitrogens is 2. The van der Waals surface area contributed by atoms with E-state index in [4.69, 9.17) is 0 Å². The number of nitrogens with zero attached hydrogens (tertiary/aromatic N) is 2. The van der Waals surface area contributed by atoms with E-state index in [0.29, 0.717) is 16.2 Å². The summed E-state index contributed by atoms with van der Waals surface area (Å²) in [6, 6.07) is 1.58. The minimum Gasteiger partial charge on any atom is -0.373 e. The first kappa shape index (κ1) is 15.4. The van der Waals surface area contributed by atoms with Crippen molar-refractivity contribution in [2.24, 2.45) is 5.92 Å². The fraction of sp³-hybridized carbons (Fsp3) is 0.692. The number of halogens is 3. The fourth-order valence-corrected chi connectivity index (χ4v) is 3.77. The molecule has 1 fully saturated rings. The molecule has 1 N–H and O–H groups in total. The topological polar surface area (TPSA) is 37.8 Å². The molecule has 2 unspecified atom stereocenters. The van der Waals surface area contributed by atoms with E-state index in [0.717, 1.165) is 19.3 Å². The lowest BCUT2D eigenvalue weighted by molar-refractivity contribution is -0.145. The van der Waals surface area contributed by atoms with Crippen LogP contribution in [0.4, 0.5) is 19.0 Å². The van der Waals surface area contributed by atoms with Crippen LogP contribution in [0.25, 0.3) is 0 Å². The Morgan fingerprint density at radius 3 is 2.65 bits per heavy atom. The third kappa shape index (κ3) is 4.01. The lowest BCUT2D eigenvalue weighted by Gasteiger charge is -2.26. The molecule has 1 aliphatic carbocycles. The monoisotopic (exact) mass is 305 g/mol. The third-order valence-corrected chi connectivity index (χ3v) is 4.60. The van der Waals surface area contributed by atoms with Crippen molar-refractivity contribution >= 4 is 17.6 Å². The lowest BCUT2D eigenvalue weighted by Crippen LogP contribution is -2.16. The Morgan fingerprint density at radius 1 is 1.30 bits per heavy atom. The second-order valence-electron chi connectivity index (χ2n) is 5.17. The highest BCUT2D eigenvalue weighted by Gasteiger charge is 2.35. The van der Waals surface area contributed by atoms with E-state index in [1.807, 2.05) is 0 Å². The molecule has 0 amide bonds. The van der Waals surface area contributed by atoms with E-state index in [-0.39, 0.29) is 5.82 Å². The maximum atomic E-state index is 12.8. The van der Waals surface area contributed by atoms with Crippen molar-refractivity contribution in [2.45, 2.75) is 49.1 Å². The number of rotatable bonds is 3. The zero-order valence-electron chi connectivity index (χ0n) is 11.5. The summed E-state index contributed by atoms with van der Waals surface area (Å²) in [6.07, 6.45) is -0.104. The van der Waals surface area contributed by atoms with Crippen LogP contribution in [0.3, 0.4) is 0 Å². The molecule has 1 aromatic rings. The maximum absolute atomic E-state index is 12.8. The summed E-state index contributed by atoms with van der Waals surface area (Å²) in [4.78, 5) is 7.13. The second kappa shape index (κ2) is 6.20. The molecular formula is C13H18F3N3S. The molecule has 3 nitrogen and oxygen atoms in total. The summed E-state index contributed by atoms with van der Waals surface area (Å²) >= 11 is 1.44. The molecule has 112 valence electrons. The first-order chi connectivity index (χ1) is 9.38. The van der Waals surface area contributed by atoms with Gasteiger partial charge in [0, 0.05) is 18.4 Å². The Hall–Kier alpha value is -0.980. The van der Waals surface area contributed by atoms with Crippen LogP contribution in [0, 0.1) is 5.92 Å². The summed E-state index contributed by atoms with van der Waals surface area (Å²) in [5.41, 5.74) is 0. The average Bonchev–Trinajstić information content (AvgIpc) is 2.37. The van der Waals surface area contributed by atoms with Crippen molar-refractivity contribution in [1.29, 1.82) is 0 Å². The number of thioether (sulfide) groups is 1. The van der Waals surface area contributed by atoms with Crippen molar-refractivity contribution in [1.82, 2.24) is 9.97 Å². The summed E-state index contributed by atoms with van der Waals surface area (Å²) in [5, 5.41) is 3.41. The molecule has 0 radical (unpaired) electrons. The highest BCUT2D eigenvalue weighted by molar-refractivity contribution is 7.99. The Morgan fingerprint density at radius 2 is 2.05 bits per heavy atom. The van der Waals surface area contributed by atoms with Gasteiger partial charge >= 0.3 is 6.18 Å². The van der Waals surface area contributed by atoms with Gasteiger partial charge in [0.1, 0.15) is 10.8 Å². The zero-order chi connectivity index (χ0) is 14.8. The molecule has 2 rings (SSSR count). The van der Waals surface area contributed by atoms with Gasteiger partial charge in [-0.25, -0.2) is 9.97 Å². The van der Waals surface area contributed by atoms with Crippen LogP contribution in [0.15, 0.2) is 11.1 Å². The molecule has 1 saturated carbocycles. The molecular weight excluding hydrogens is 287 g/mol. The van der Waals surface area contributed by atoms with Gasteiger partial charge < -0.3 is 5.32 Å². The summed E-state index contributed by atoms with van der Waals surface area (Å²) < 4.78 is 38.3. The highest BCUT2D eigenvalue weighted by atomic mass is 32.2. The Labute approximate surface area is 120 Å².